The SMILES string of the molecule is CCCCC(=O)Nc1cc(-c2ccncc2)[nH]n1. The highest BCUT2D eigenvalue weighted by molar-refractivity contribution is 5.90. The maximum atomic E-state index is 11.5. The van der Waals surface area contributed by atoms with Crippen molar-refractivity contribution in [3.05, 3.63) is 30.6 Å². The number of H-pyrrole nitrogens is 1. The Labute approximate surface area is 106 Å². The summed E-state index contributed by atoms with van der Waals surface area (Å²) in [5, 5.41) is 9.72. The molecule has 0 aliphatic heterocycles. The molecule has 0 radical (unpaired) electrons. The predicted molar refractivity (Wildman–Crippen MR) is 70.0 cm³/mol. The Balaban J connectivity index is 2.00. The Hall–Kier alpha value is -2.17. The summed E-state index contributed by atoms with van der Waals surface area (Å²) < 4.78 is 0. The van der Waals surface area contributed by atoms with Crippen LogP contribution in [0.25, 0.3) is 11.3 Å². The number of anilines is 1. The molecule has 2 rings (SSSR count). The van der Waals surface area contributed by atoms with Crippen molar-refractivity contribution >= 4 is 11.7 Å². The number of carbonyl (C=O) groups is 1. The van der Waals surface area contributed by atoms with Gasteiger partial charge in [-0.15, -0.1) is 0 Å². The van der Waals surface area contributed by atoms with E-state index in [1.807, 2.05) is 18.2 Å². The summed E-state index contributed by atoms with van der Waals surface area (Å²) >= 11 is 0. The lowest BCUT2D eigenvalue weighted by atomic mass is 10.2. The molecule has 0 atom stereocenters. The Morgan fingerprint density at radius 1 is 1.39 bits per heavy atom. The van der Waals surface area contributed by atoms with Crippen molar-refractivity contribution in [1.29, 1.82) is 0 Å². The van der Waals surface area contributed by atoms with Gasteiger partial charge in [-0.1, -0.05) is 13.3 Å². The van der Waals surface area contributed by atoms with E-state index in [1.165, 1.54) is 0 Å². The molecule has 0 spiro atoms. The third kappa shape index (κ3) is 3.16. The molecule has 0 unspecified atom stereocenters. The molecule has 0 bridgehead atoms. The second-order valence-electron chi connectivity index (χ2n) is 4.05. The average Bonchev–Trinajstić information content (AvgIpc) is 2.86. The number of aromatic amines is 1. The molecular formula is C13H16N4O. The Morgan fingerprint density at radius 3 is 2.89 bits per heavy atom. The van der Waals surface area contributed by atoms with E-state index in [1.54, 1.807) is 12.4 Å². The highest BCUT2D eigenvalue weighted by Gasteiger charge is 2.06. The quantitative estimate of drug-likeness (QED) is 0.849. The largest absolute Gasteiger partial charge is 0.309 e. The van der Waals surface area contributed by atoms with Gasteiger partial charge in [-0.25, -0.2) is 0 Å². The van der Waals surface area contributed by atoms with Crippen LogP contribution in [0.2, 0.25) is 0 Å². The van der Waals surface area contributed by atoms with Crippen molar-refractivity contribution < 1.29 is 4.79 Å². The number of pyridine rings is 1. The second-order valence-corrected chi connectivity index (χ2v) is 4.05. The molecular weight excluding hydrogens is 228 g/mol. The molecule has 2 N–H and O–H groups in total. The molecule has 0 aliphatic rings. The summed E-state index contributed by atoms with van der Waals surface area (Å²) in [5.41, 5.74) is 1.86. The van der Waals surface area contributed by atoms with Crippen molar-refractivity contribution in [2.24, 2.45) is 0 Å². The average molecular weight is 244 g/mol. The van der Waals surface area contributed by atoms with Crippen molar-refractivity contribution in [1.82, 2.24) is 15.2 Å². The smallest absolute Gasteiger partial charge is 0.225 e. The lowest BCUT2D eigenvalue weighted by Crippen LogP contribution is -2.11. The van der Waals surface area contributed by atoms with E-state index < -0.39 is 0 Å². The summed E-state index contributed by atoms with van der Waals surface area (Å²) in [6, 6.07) is 5.59. The Bertz CT molecular complexity index is 507. The van der Waals surface area contributed by atoms with Crippen LogP contribution in [0.4, 0.5) is 5.82 Å². The summed E-state index contributed by atoms with van der Waals surface area (Å²) in [4.78, 5) is 15.5. The lowest BCUT2D eigenvalue weighted by molar-refractivity contribution is -0.116. The van der Waals surface area contributed by atoms with Crippen LogP contribution < -0.4 is 5.32 Å². The molecule has 0 saturated heterocycles. The molecule has 18 heavy (non-hydrogen) atoms. The van der Waals surface area contributed by atoms with Gasteiger partial charge >= 0.3 is 0 Å². The van der Waals surface area contributed by atoms with Gasteiger partial charge in [0.25, 0.3) is 0 Å². The van der Waals surface area contributed by atoms with Crippen molar-refractivity contribution in [2.45, 2.75) is 26.2 Å². The first-order valence-electron chi connectivity index (χ1n) is 6.05. The normalized spacial score (nSPS) is 10.3. The van der Waals surface area contributed by atoms with Crippen LogP contribution in [0.3, 0.4) is 0 Å². The fourth-order valence-electron chi connectivity index (χ4n) is 1.61. The number of hydrogen-bond acceptors (Lipinski definition) is 3. The van der Waals surface area contributed by atoms with E-state index in [-0.39, 0.29) is 5.91 Å². The van der Waals surface area contributed by atoms with Crippen LogP contribution in [0, 0.1) is 0 Å². The standard InChI is InChI=1S/C13H16N4O/c1-2-3-4-13(18)15-12-9-11(16-17-12)10-5-7-14-8-6-10/h5-9H,2-4H2,1H3,(H2,15,16,17,18). The van der Waals surface area contributed by atoms with E-state index in [0.717, 1.165) is 24.1 Å². The molecule has 1 amide bonds. The van der Waals surface area contributed by atoms with Gasteiger partial charge in [-0.05, 0) is 18.6 Å². The molecule has 2 heterocycles. The van der Waals surface area contributed by atoms with E-state index in [0.29, 0.717) is 12.2 Å². The topological polar surface area (TPSA) is 70.7 Å². The first-order chi connectivity index (χ1) is 8.79. The molecule has 2 aromatic heterocycles. The first kappa shape index (κ1) is 12.3. The Morgan fingerprint density at radius 2 is 2.17 bits per heavy atom. The fraction of sp³-hybridized carbons (Fsp3) is 0.308. The van der Waals surface area contributed by atoms with E-state index in [2.05, 4.69) is 27.4 Å². The predicted octanol–water partition coefficient (Wildman–Crippen LogP) is 2.60. The zero-order valence-corrected chi connectivity index (χ0v) is 10.3. The van der Waals surface area contributed by atoms with E-state index in [9.17, 15) is 4.79 Å². The van der Waals surface area contributed by atoms with Crippen LogP contribution in [-0.4, -0.2) is 21.1 Å². The fourth-order valence-corrected chi connectivity index (χ4v) is 1.61. The van der Waals surface area contributed by atoms with Crippen LogP contribution in [0.1, 0.15) is 26.2 Å². The van der Waals surface area contributed by atoms with Crippen LogP contribution >= 0.6 is 0 Å². The maximum absolute atomic E-state index is 11.5. The number of nitrogens with zero attached hydrogens (tertiary/aromatic N) is 2. The second kappa shape index (κ2) is 5.95. The maximum Gasteiger partial charge on any atom is 0.225 e. The number of hydrogen-bond donors (Lipinski definition) is 2. The minimum atomic E-state index is 0.00429. The Kier molecular flexibility index (Phi) is 4.06. The number of amides is 1. The first-order valence-corrected chi connectivity index (χ1v) is 6.05. The van der Waals surface area contributed by atoms with Gasteiger partial charge in [0.05, 0.1) is 5.69 Å². The van der Waals surface area contributed by atoms with Gasteiger partial charge in [0, 0.05) is 30.4 Å². The number of rotatable bonds is 5. The van der Waals surface area contributed by atoms with Crippen molar-refractivity contribution in [3.8, 4) is 11.3 Å². The number of aromatic nitrogens is 3. The number of nitrogens with one attached hydrogen (secondary N) is 2. The van der Waals surface area contributed by atoms with Crippen LogP contribution in [0.5, 0.6) is 0 Å². The lowest BCUT2D eigenvalue weighted by Gasteiger charge is -1.99. The molecule has 0 aromatic carbocycles. The number of unbranched alkanes of at least 4 members (excludes halogenated alkanes) is 1. The monoisotopic (exact) mass is 244 g/mol. The molecule has 5 heteroatoms. The van der Waals surface area contributed by atoms with Gasteiger partial charge < -0.3 is 5.32 Å². The van der Waals surface area contributed by atoms with Gasteiger partial charge in [-0.2, -0.15) is 5.10 Å². The van der Waals surface area contributed by atoms with Gasteiger partial charge in [0.2, 0.25) is 5.91 Å². The summed E-state index contributed by atoms with van der Waals surface area (Å²) in [6.45, 7) is 2.06. The van der Waals surface area contributed by atoms with Gasteiger partial charge in [-0.3, -0.25) is 14.9 Å². The molecule has 0 fully saturated rings. The molecule has 94 valence electrons. The minimum Gasteiger partial charge on any atom is -0.309 e. The molecule has 0 saturated carbocycles. The van der Waals surface area contributed by atoms with Crippen LogP contribution in [-0.2, 0) is 4.79 Å². The highest BCUT2D eigenvalue weighted by Crippen LogP contribution is 2.18. The zero-order valence-electron chi connectivity index (χ0n) is 10.3. The van der Waals surface area contributed by atoms with E-state index >= 15 is 0 Å². The molecule has 0 aliphatic carbocycles. The summed E-state index contributed by atoms with van der Waals surface area (Å²) in [7, 11) is 0. The third-order valence-corrected chi connectivity index (χ3v) is 2.59. The van der Waals surface area contributed by atoms with Gasteiger partial charge in [0.15, 0.2) is 5.82 Å². The van der Waals surface area contributed by atoms with Crippen molar-refractivity contribution in [2.75, 3.05) is 5.32 Å². The number of carbonyl (C=O) groups excluding carboxylic acids is 1. The molecule has 5 nitrogen and oxygen atoms in total. The summed E-state index contributed by atoms with van der Waals surface area (Å²) in [6.07, 6.45) is 5.88. The highest BCUT2D eigenvalue weighted by atomic mass is 16.1. The van der Waals surface area contributed by atoms with Crippen molar-refractivity contribution in [3.63, 3.8) is 0 Å². The van der Waals surface area contributed by atoms with Crippen LogP contribution in [0.15, 0.2) is 30.6 Å². The molecule has 2 aromatic rings. The van der Waals surface area contributed by atoms with E-state index in [4.69, 9.17) is 0 Å². The third-order valence-electron chi connectivity index (χ3n) is 2.59. The minimum absolute atomic E-state index is 0.00429. The summed E-state index contributed by atoms with van der Waals surface area (Å²) in [5.74, 6) is 0.563. The zero-order chi connectivity index (χ0) is 12.8. The van der Waals surface area contributed by atoms with Gasteiger partial charge in [0.1, 0.15) is 0 Å².